The number of nitrogens with two attached hydrogens (primary N) is 1. The van der Waals surface area contributed by atoms with Gasteiger partial charge >= 0.3 is 11.9 Å². The van der Waals surface area contributed by atoms with Gasteiger partial charge in [0.2, 0.25) is 5.91 Å². The summed E-state index contributed by atoms with van der Waals surface area (Å²) in [5.74, 6) is -0.888. The maximum absolute atomic E-state index is 13.0. The van der Waals surface area contributed by atoms with E-state index in [4.69, 9.17) is 28.9 Å². The molecule has 0 aliphatic rings. The van der Waals surface area contributed by atoms with Gasteiger partial charge < -0.3 is 10.8 Å². The van der Waals surface area contributed by atoms with Gasteiger partial charge in [-0.15, -0.1) is 10.2 Å². The highest BCUT2D eigenvalue weighted by atomic mass is 35.5. The third-order valence-corrected chi connectivity index (χ3v) is 5.96. The normalized spacial score (nSPS) is 13.5. The second-order valence-corrected chi connectivity index (χ2v) is 8.80. The summed E-state index contributed by atoms with van der Waals surface area (Å²) in [6.07, 6.45) is -6.41. The second-order valence-electron chi connectivity index (χ2n) is 7.96. The minimum absolute atomic E-state index is 0.122. The lowest BCUT2D eigenvalue weighted by atomic mass is 10.1. The third-order valence-electron chi connectivity index (χ3n) is 5.36. The SMILES string of the molecule is NC(=O)C(c1ccccc1Cl)n1cc(Cn2nc(-c3ccc(Cl)cc3)n(C[C@H](O)C(F)(F)F)c2=O)nn1. The van der Waals surface area contributed by atoms with Gasteiger partial charge in [0.25, 0.3) is 0 Å². The van der Waals surface area contributed by atoms with Gasteiger partial charge in [-0.3, -0.25) is 9.36 Å². The summed E-state index contributed by atoms with van der Waals surface area (Å²) in [7, 11) is 0. The van der Waals surface area contributed by atoms with Gasteiger partial charge in [-0.05, 0) is 30.3 Å². The lowest BCUT2D eigenvalue weighted by Crippen LogP contribution is -2.37. The molecule has 194 valence electrons. The Bertz CT molecular complexity index is 1480. The third kappa shape index (κ3) is 5.68. The van der Waals surface area contributed by atoms with Gasteiger partial charge in [0.15, 0.2) is 18.0 Å². The van der Waals surface area contributed by atoms with Crippen molar-refractivity contribution in [1.29, 1.82) is 0 Å². The number of amides is 1. The molecule has 10 nitrogen and oxygen atoms in total. The van der Waals surface area contributed by atoms with Crippen LogP contribution in [-0.2, 0) is 17.9 Å². The van der Waals surface area contributed by atoms with Crippen molar-refractivity contribution < 1.29 is 23.1 Å². The van der Waals surface area contributed by atoms with Crippen LogP contribution in [0.5, 0.6) is 0 Å². The summed E-state index contributed by atoms with van der Waals surface area (Å²) in [5.41, 5.74) is 5.45. The first-order chi connectivity index (χ1) is 17.5. The van der Waals surface area contributed by atoms with Crippen molar-refractivity contribution >= 4 is 29.1 Å². The number of benzene rings is 2. The molecule has 2 aromatic heterocycles. The van der Waals surface area contributed by atoms with E-state index in [1.54, 1.807) is 24.3 Å². The van der Waals surface area contributed by atoms with Crippen molar-refractivity contribution in [1.82, 2.24) is 29.3 Å². The van der Waals surface area contributed by atoms with Gasteiger partial charge in [0, 0.05) is 21.2 Å². The first-order valence-electron chi connectivity index (χ1n) is 10.6. The van der Waals surface area contributed by atoms with E-state index < -0.39 is 36.5 Å². The van der Waals surface area contributed by atoms with Gasteiger partial charge in [0.05, 0.1) is 19.3 Å². The van der Waals surface area contributed by atoms with E-state index in [1.165, 1.54) is 30.5 Å². The Balaban J connectivity index is 1.70. The number of aliphatic hydroxyl groups excluding tert-OH is 1. The van der Waals surface area contributed by atoms with Crippen molar-refractivity contribution in [2.45, 2.75) is 31.4 Å². The minimum atomic E-state index is -4.95. The minimum Gasteiger partial charge on any atom is -0.382 e. The van der Waals surface area contributed by atoms with E-state index in [0.29, 0.717) is 20.7 Å². The van der Waals surface area contributed by atoms with Gasteiger partial charge in [0.1, 0.15) is 5.69 Å². The Hall–Kier alpha value is -3.68. The number of aliphatic hydroxyl groups is 1. The number of halogens is 5. The lowest BCUT2D eigenvalue weighted by molar-refractivity contribution is -0.207. The number of carbonyl (C=O) groups is 1. The number of aromatic nitrogens is 6. The van der Waals surface area contributed by atoms with Crippen LogP contribution in [0.4, 0.5) is 13.2 Å². The fraction of sp³-hybridized carbons (Fsp3) is 0.227. The van der Waals surface area contributed by atoms with Gasteiger partial charge in [-0.1, -0.05) is 46.6 Å². The highest BCUT2D eigenvalue weighted by Gasteiger charge is 2.39. The van der Waals surface area contributed by atoms with Crippen LogP contribution in [-0.4, -0.2) is 52.6 Å². The standard InChI is InChI=1S/C22H18Cl2F3N7O3/c23-13-7-5-12(6-8-13)20-30-34(21(37)32(20)11-17(35)22(25,26)27)10-14-9-33(31-29-14)18(19(28)36)15-3-1-2-4-16(15)24/h1-9,17-18,35H,10-11H2,(H2,28,36)/t17-,18?/m0/s1. The average Bonchev–Trinajstić information content (AvgIpc) is 3.40. The fourth-order valence-corrected chi connectivity index (χ4v) is 3.95. The van der Waals surface area contributed by atoms with Crippen LogP contribution in [0.1, 0.15) is 17.3 Å². The smallest absolute Gasteiger partial charge is 0.382 e. The van der Waals surface area contributed by atoms with E-state index in [2.05, 4.69) is 15.4 Å². The zero-order chi connectivity index (χ0) is 26.9. The van der Waals surface area contributed by atoms with Crippen LogP contribution >= 0.6 is 23.2 Å². The maximum atomic E-state index is 13.0. The summed E-state index contributed by atoms with van der Waals surface area (Å²) < 4.78 is 41.9. The monoisotopic (exact) mass is 555 g/mol. The molecule has 0 aliphatic heterocycles. The molecule has 0 bridgehead atoms. The van der Waals surface area contributed by atoms with Crippen molar-refractivity contribution in [2.75, 3.05) is 0 Å². The van der Waals surface area contributed by atoms with Crippen LogP contribution in [0.3, 0.4) is 0 Å². The number of hydrogen-bond donors (Lipinski definition) is 2. The fourth-order valence-electron chi connectivity index (χ4n) is 3.59. The number of carbonyl (C=O) groups excluding carboxylic acids is 1. The predicted molar refractivity (Wildman–Crippen MR) is 127 cm³/mol. The Morgan fingerprint density at radius 2 is 1.78 bits per heavy atom. The molecule has 0 saturated carbocycles. The quantitative estimate of drug-likeness (QED) is 0.343. The lowest BCUT2D eigenvalue weighted by Gasteiger charge is -2.15. The maximum Gasteiger partial charge on any atom is 0.416 e. The molecule has 1 unspecified atom stereocenters. The molecule has 0 fully saturated rings. The van der Waals surface area contributed by atoms with E-state index in [1.807, 2.05) is 0 Å². The Labute approximate surface area is 216 Å². The highest BCUT2D eigenvalue weighted by Crippen LogP contribution is 2.26. The molecule has 4 rings (SSSR count). The Morgan fingerprint density at radius 1 is 1.11 bits per heavy atom. The molecule has 15 heteroatoms. The van der Waals surface area contributed by atoms with Crippen LogP contribution in [0, 0.1) is 0 Å². The number of alkyl halides is 3. The Morgan fingerprint density at radius 3 is 2.41 bits per heavy atom. The summed E-state index contributed by atoms with van der Waals surface area (Å²) in [6, 6.07) is 11.3. The van der Waals surface area contributed by atoms with E-state index in [0.717, 1.165) is 9.36 Å². The summed E-state index contributed by atoms with van der Waals surface area (Å²) >= 11 is 12.1. The van der Waals surface area contributed by atoms with Crippen LogP contribution in [0.25, 0.3) is 11.4 Å². The molecule has 4 aromatic rings. The van der Waals surface area contributed by atoms with Crippen LogP contribution in [0.2, 0.25) is 10.0 Å². The molecule has 0 saturated heterocycles. The molecule has 0 radical (unpaired) electrons. The molecular formula is C22H18Cl2F3N7O3. The number of primary amides is 1. The average molecular weight is 556 g/mol. The number of rotatable bonds is 8. The van der Waals surface area contributed by atoms with Crippen molar-refractivity contribution in [2.24, 2.45) is 5.73 Å². The molecule has 1 amide bonds. The topological polar surface area (TPSA) is 134 Å². The zero-order valence-corrected chi connectivity index (χ0v) is 20.2. The van der Waals surface area contributed by atoms with Crippen molar-refractivity contribution in [3.63, 3.8) is 0 Å². The summed E-state index contributed by atoms with van der Waals surface area (Å²) in [4.78, 5) is 25.2. The molecule has 3 N–H and O–H groups in total. The first kappa shape index (κ1) is 26.4. The predicted octanol–water partition coefficient (Wildman–Crippen LogP) is 2.66. The molecule has 2 aromatic carbocycles. The molecule has 2 heterocycles. The van der Waals surface area contributed by atoms with Crippen LogP contribution < -0.4 is 11.4 Å². The number of nitrogens with zero attached hydrogens (tertiary/aromatic N) is 6. The van der Waals surface area contributed by atoms with E-state index in [-0.39, 0.29) is 23.1 Å². The van der Waals surface area contributed by atoms with E-state index in [9.17, 15) is 27.9 Å². The van der Waals surface area contributed by atoms with Gasteiger partial charge in [-0.2, -0.15) is 13.2 Å². The Kier molecular flexibility index (Phi) is 7.39. The van der Waals surface area contributed by atoms with Crippen molar-refractivity contribution in [3.8, 4) is 11.4 Å². The zero-order valence-electron chi connectivity index (χ0n) is 18.7. The van der Waals surface area contributed by atoms with Crippen LogP contribution in [0.15, 0.2) is 59.5 Å². The first-order valence-corrected chi connectivity index (χ1v) is 11.3. The van der Waals surface area contributed by atoms with Gasteiger partial charge in [-0.25, -0.2) is 14.2 Å². The molecular weight excluding hydrogens is 538 g/mol. The van der Waals surface area contributed by atoms with E-state index >= 15 is 0 Å². The highest BCUT2D eigenvalue weighted by molar-refractivity contribution is 6.31. The molecule has 0 spiro atoms. The summed E-state index contributed by atoms with van der Waals surface area (Å²) in [6.45, 7) is -1.38. The molecule has 37 heavy (non-hydrogen) atoms. The molecule has 2 atom stereocenters. The number of hydrogen-bond acceptors (Lipinski definition) is 6. The second kappa shape index (κ2) is 10.4. The molecule has 0 aliphatic carbocycles. The summed E-state index contributed by atoms with van der Waals surface area (Å²) in [5, 5.41) is 22.3. The van der Waals surface area contributed by atoms with Crippen molar-refractivity contribution in [3.05, 3.63) is 86.5 Å². The largest absolute Gasteiger partial charge is 0.416 e.